The van der Waals surface area contributed by atoms with Gasteiger partial charge in [-0.25, -0.2) is 17.6 Å². The third-order valence-electron chi connectivity index (χ3n) is 10.3. The van der Waals surface area contributed by atoms with Gasteiger partial charge in [-0.3, -0.25) is 14.7 Å². The second-order valence-corrected chi connectivity index (χ2v) is 13.1. The van der Waals surface area contributed by atoms with E-state index in [1.54, 1.807) is 0 Å². The molecule has 4 aliphatic rings. The summed E-state index contributed by atoms with van der Waals surface area (Å²) in [4.78, 5) is 32.1. The van der Waals surface area contributed by atoms with Crippen LogP contribution in [-0.2, 0) is 4.79 Å². The Bertz CT molecular complexity index is 1950. The van der Waals surface area contributed by atoms with Crippen molar-refractivity contribution in [2.75, 3.05) is 37.7 Å². The Morgan fingerprint density at radius 3 is 2.66 bits per heavy atom. The number of carbonyl (C=O) groups excluding carboxylic acids is 1. The number of carbonyl (C=O) groups is 1. The summed E-state index contributed by atoms with van der Waals surface area (Å²) in [6.07, 6.45) is 5.30. The van der Waals surface area contributed by atoms with Crippen molar-refractivity contribution >= 4 is 33.4 Å². The van der Waals surface area contributed by atoms with Gasteiger partial charge in [-0.05, 0) is 61.9 Å². The van der Waals surface area contributed by atoms with Gasteiger partial charge in [0.2, 0.25) is 5.91 Å². The average molecular weight is 649 g/mol. The second-order valence-electron chi connectivity index (χ2n) is 13.1. The summed E-state index contributed by atoms with van der Waals surface area (Å²) in [6, 6.07) is 4.31. The number of pyridine rings is 1. The normalized spacial score (nSPS) is 25.6. The second kappa shape index (κ2) is 11.0. The van der Waals surface area contributed by atoms with Gasteiger partial charge in [0.05, 0.1) is 10.9 Å². The maximum Gasteiger partial charge on any atom is 0.319 e. The highest BCUT2D eigenvalue weighted by molar-refractivity contribution is 6.00. The lowest BCUT2D eigenvalue weighted by Gasteiger charge is -2.41. The molecule has 1 N–H and O–H groups in total. The highest BCUT2D eigenvalue weighted by atomic mass is 19.2. The zero-order valence-corrected chi connectivity index (χ0v) is 25.4. The number of alkyl halides is 1. The van der Waals surface area contributed by atoms with Crippen LogP contribution in [0.5, 0.6) is 11.8 Å². The van der Waals surface area contributed by atoms with Gasteiger partial charge in [0, 0.05) is 55.3 Å². The lowest BCUT2D eigenvalue weighted by molar-refractivity contribution is -0.129. The number of amides is 1. The van der Waals surface area contributed by atoms with Gasteiger partial charge in [-0.1, -0.05) is 12.6 Å². The molecule has 0 radical (unpaired) electrons. The fourth-order valence-corrected chi connectivity index (χ4v) is 8.27. The van der Waals surface area contributed by atoms with E-state index >= 15 is 8.78 Å². The molecular formula is C34H32F4N6O3. The van der Waals surface area contributed by atoms with E-state index in [0.717, 1.165) is 44.4 Å². The van der Waals surface area contributed by atoms with Gasteiger partial charge in [0.1, 0.15) is 35.6 Å². The van der Waals surface area contributed by atoms with Gasteiger partial charge in [-0.2, -0.15) is 9.97 Å². The standard InChI is InChI=1S/C34H32F4N6O3/c1-2-26(46)44-20-5-6-21(44)16-42(15-20)32-24-13-39-30(23-11-22(45)10-18-4-7-25(36)28(37)27(18)23)29(38)31(24)40-33(41-32)47-17-34-8-3-9-43(34)14-19(35)12-34/h2,4,7,10-11,13,19-21,45H,1,3,5-6,8-9,12,14-17H2/t19-,20?,21?,34+/m1/s1. The van der Waals surface area contributed by atoms with Crippen LogP contribution in [0, 0.1) is 17.5 Å². The van der Waals surface area contributed by atoms with Crippen LogP contribution in [0.3, 0.4) is 0 Å². The lowest BCUT2D eigenvalue weighted by atomic mass is 9.95. The summed E-state index contributed by atoms with van der Waals surface area (Å²) in [5.41, 5.74) is -1.14. The molecule has 2 bridgehead atoms. The van der Waals surface area contributed by atoms with Crippen LogP contribution in [0.1, 0.15) is 32.1 Å². The van der Waals surface area contributed by atoms with Crippen molar-refractivity contribution in [3.63, 3.8) is 0 Å². The number of halogens is 4. The third kappa shape index (κ3) is 4.77. The molecule has 9 nitrogen and oxygen atoms in total. The molecular weight excluding hydrogens is 616 g/mol. The van der Waals surface area contributed by atoms with Crippen molar-refractivity contribution < 1.29 is 32.2 Å². The van der Waals surface area contributed by atoms with Crippen LogP contribution in [0.25, 0.3) is 32.9 Å². The number of hydrogen-bond acceptors (Lipinski definition) is 8. The first-order valence-electron chi connectivity index (χ1n) is 15.8. The van der Waals surface area contributed by atoms with Crippen LogP contribution in [0.4, 0.5) is 23.4 Å². The first-order valence-corrected chi connectivity index (χ1v) is 15.8. The number of aromatic nitrogens is 3. The molecule has 0 aliphatic carbocycles. The fourth-order valence-electron chi connectivity index (χ4n) is 8.27. The molecule has 244 valence electrons. The maximum atomic E-state index is 16.7. The molecule has 13 heteroatoms. The van der Waals surface area contributed by atoms with Crippen molar-refractivity contribution in [3.8, 4) is 23.0 Å². The minimum absolute atomic E-state index is 0.104. The molecule has 0 spiro atoms. The average Bonchev–Trinajstić information content (AvgIpc) is 3.67. The highest BCUT2D eigenvalue weighted by Crippen LogP contribution is 2.42. The molecule has 2 unspecified atom stereocenters. The molecule has 2 aromatic heterocycles. The number of phenolic OH excluding ortho intramolecular Hbond substituents is 1. The maximum absolute atomic E-state index is 16.7. The van der Waals surface area contributed by atoms with E-state index in [2.05, 4.69) is 21.4 Å². The van der Waals surface area contributed by atoms with Crippen molar-refractivity contribution in [1.29, 1.82) is 0 Å². The molecule has 2 aromatic carbocycles. The van der Waals surface area contributed by atoms with Crippen molar-refractivity contribution in [1.82, 2.24) is 24.8 Å². The number of piperazine rings is 1. The van der Waals surface area contributed by atoms with E-state index in [0.29, 0.717) is 31.9 Å². The van der Waals surface area contributed by atoms with Crippen molar-refractivity contribution in [2.45, 2.75) is 55.9 Å². The first-order chi connectivity index (χ1) is 22.7. The Balaban J connectivity index is 1.25. The van der Waals surface area contributed by atoms with Crippen LogP contribution < -0.4 is 9.64 Å². The predicted octanol–water partition coefficient (Wildman–Crippen LogP) is 5.29. The van der Waals surface area contributed by atoms with Crippen molar-refractivity contribution in [3.05, 3.63) is 60.6 Å². The summed E-state index contributed by atoms with van der Waals surface area (Å²) < 4.78 is 66.9. The van der Waals surface area contributed by atoms with E-state index < -0.39 is 29.2 Å². The molecule has 4 aliphatic heterocycles. The minimum atomic E-state index is -1.20. The largest absolute Gasteiger partial charge is 0.508 e. The third-order valence-corrected chi connectivity index (χ3v) is 10.3. The summed E-state index contributed by atoms with van der Waals surface area (Å²) in [6.45, 7) is 5.71. The highest BCUT2D eigenvalue weighted by Gasteiger charge is 2.49. The molecule has 0 saturated carbocycles. The van der Waals surface area contributed by atoms with Crippen LogP contribution >= 0.6 is 0 Å². The topological polar surface area (TPSA) is 94.9 Å². The number of aromatic hydroxyl groups is 1. The summed E-state index contributed by atoms with van der Waals surface area (Å²) in [5, 5.41) is 10.6. The number of nitrogens with zero attached hydrogens (tertiary/aromatic N) is 6. The summed E-state index contributed by atoms with van der Waals surface area (Å²) >= 11 is 0. The van der Waals surface area contributed by atoms with Crippen LogP contribution in [0.15, 0.2) is 43.1 Å². The number of anilines is 1. The van der Waals surface area contributed by atoms with Gasteiger partial charge in [0.15, 0.2) is 17.5 Å². The Kier molecular flexibility index (Phi) is 7.01. The van der Waals surface area contributed by atoms with Gasteiger partial charge in [0.25, 0.3) is 0 Å². The van der Waals surface area contributed by atoms with Crippen molar-refractivity contribution in [2.24, 2.45) is 0 Å². The van der Waals surface area contributed by atoms with E-state index in [1.807, 2.05) is 9.80 Å². The number of phenols is 1. The fraction of sp³-hybridized carbons (Fsp3) is 0.412. The molecule has 4 atom stereocenters. The molecule has 8 rings (SSSR count). The Hall–Kier alpha value is -4.52. The Morgan fingerprint density at radius 2 is 1.89 bits per heavy atom. The van der Waals surface area contributed by atoms with Crippen LogP contribution in [-0.4, -0.2) is 92.3 Å². The van der Waals surface area contributed by atoms with E-state index in [9.17, 15) is 18.7 Å². The zero-order valence-electron chi connectivity index (χ0n) is 25.4. The Morgan fingerprint density at radius 1 is 1.11 bits per heavy atom. The van der Waals surface area contributed by atoms with E-state index in [1.165, 1.54) is 24.4 Å². The predicted molar refractivity (Wildman–Crippen MR) is 166 cm³/mol. The smallest absolute Gasteiger partial charge is 0.319 e. The first kappa shape index (κ1) is 29.9. The molecule has 4 saturated heterocycles. The number of fused-ring (bicyclic) bond motifs is 5. The SMILES string of the molecule is C=CC(=O)N1C2CCC1CN(c1nc(OC[C@@]34CCCN3C[C@H](F)C4)nc3c(F)c(-c4cc(O)cc5ccc(F)c(F)c45)ncc13)C2. The molecule has 4 aromatic rings. The lowest BCUT2D eigenvalue weighted by Crippen LogP contribution is -2.55. The zero-order chi connectivity index (χ0) is 32.6. The van der Waals surface area contributed by atoms with Gasteiger partial charge >= 0.3 is 6.01 Å². The number of rotatable bonds is 6. The van der Waals surface area contributed by atoms with Crippen LogP contribution in [0.2, 0.25) is 0 Å². The number of benzene rings is 2. The molecule has 4 fully saturated rings. The summed E-state index contributed by atoms with van der Waals surface area (Å²) in [5.74, 6) is -3.32. The van der Waals surface area contributed by atoms with E-state index in [4.69, 9.17) is 9.72 Å². The van der Waals surface area contributed by atoms with E-state index in [-0.39, 0.29) is 69.3 Å². The number of hydrogen-bond donors (Lipinski definition) is 1. The minimum Gasteiger partial charge on any atom is -0.508 e. The summed E-state index contributed by atoms with van der Waals surface area (Å²) in [7, 11) is 0. The molecule has 47 heavy (non-hydrogen) atoms. The van der Waals surface area contributed by atoms with Gasteiger partial charge < -0.3 is 19.6 Å². The Labute approximate surface area is 267 Å². The monoisotopic (exact) mass is 648 g/mol. The molecule has 6 heterocycles. The number of ether oxygens (including phenoxy) is 1. The van der Waals surface area contributed by atoms with Gasteiger partial charge in [-0.15, -0.1) is 0 Å². The molecule has 1 amide bonds. The quantitative estimate of drug-likeness (QED) is 0.223.